The summed E-state index contributed by atoms with van der Waals surface area (Å²) >= 11 is 0. The zero-order valence-corrected chi connectivity index (χ0v) is 14.8. The van der Waals surface area contributed by atoms with E-state index in [2.05, 4.69) is 46.4 Å². The fraction of sp³-hybridized carbons (Fsp3) is 0.238. The Morgan fingerprint density at radius 2 is 1.38 bits per heavy atom. The molecule has 3 rings (SSSR count). The molecule has 0 amide bonds. The summed E-state index contributed by atoms with van der Waals surface area (Å²) < 4.78 is 0. The fourth-order valence-corrected chi connectivity index (χ4v) is 2.14. The maximum atomic E-state index is 4.32. The molecule has 128 valence electrons. The Kier molecular flexibility index (Phi) is 11.2. The van der Waals surface area contributed by atoms with Crippen molar-refractivity contribution in [2.75, 3.05) is 0 Å². The van der Waals surface area contributed by atoms with E-state index in [0.29, 0.717) is 6.54 Å². The molecule has 0 aliphatic heterocycles. The van der Waals surface area contributed by atoms with E-state index in [9.17, 15) is 0 Å². The van der Waals surface area contributed by atoms with Gasteiger partial charge in [0.05, 0.1) is 12.2 Å². The van der Waals surface area contributed by atoms with Crippen LogP contribution < -0.4 is 0 Å². The van der Waals surface area contributed by atoms with Crippen molar-refractivity contribution in [2.24, 2.45) is 4.99 Å². The van der Waals surface area contributed by atoms with Crippen molar-refractivity contribution >= 4 is 6.21 Å². The Labute approximate surface area is 155 Å². The molecule has 0 unspecified atom stereocenters. The van der Waals surface area contributed by atoms with Crippen molar-refractivity contribution in [3.8, 4) is 0 Å². The minimum absolute atomic E-state index is 0. The molecule has 0 N–H and O–H groups in total. The summed E-state index contributed by atoms with van der Waals surface area (Å²) in [4.78, 5) is 8.48. The van der Waals surface area contributed by atoms with Gasteiger partial charge in [-0.3, -0.25) is 9.98 Å². The fourth-order valence-electron chi connectivity index (χ4n) is 2.14. The number of nitrogens with zero attached hydrogens (tertiary/aromatic N) is 2. The van der Waals surface area contributed by atoms with Crippen molar-refractivity contribution < 1.29 is 16.5 Å². The largest absolute Gasteiger partial charge is 0.286 e. The molecule has 0 atom stereocenters. The van der Waals surface area contributed by atoms with Crippen LogP contribution in [0.25, 0.3) is 0 Å². The van der Waals surface area contributed by atoms with Crippen molar-refractivity contribution in [2.45, 2.75) is 32.2 Å². The number of allylic oxidation sites excluding steroid dienone is 4. The van der Waals surface area contributed by atoms with Crippen LogP contribution >= 0.6 is 0 Å². The van der Waals surface area contributed by atoms with E-state index in [1.165, 1.54) is 31.2 Å². The number of aromatic nitrogens is 1. The number of pyridine rings is 1. The molecule has 0 bridgehead atoms. The summed E-state index contributed by atoms with van der Waals surface area (Å²) in [5.41, 5.74) is 2.11. The summed E-state index contributed by atoms with van der Waals surface area (Å²) in [5, 5.41) is 0. The second-order valence-corrected chi connectivity index (χ2v) is 5.31. The van der Waals surface area contributed by atoms with Gasteiger partial charge in [0.1, 0.15) is 0 Å². The van der Waals surface area contributed by atoms with E-state index in [1.807, 2.05) is 36.4 Å². The number of hydrogen-bond acceptors (Lipinski definition) is 2. The van der Waals surface area contributed by atoms with Gasteiger partial charge in [-0.2, -0.15) is 0 Å². The maximum absolute atomic E-state index is 4.32. The van der Waals surface area contributed by atoms with Gasteiger partial charge in [-0.25, -0.2) is 0 Å². The smallest absolute Gasteiger partial charge is 0.0807 e. The maximum Gasteiger partial charge on any atom is 0.0807 e. The minimum Gasteiger partial charge on any atom is -0.286 e. The van der Waals surface area contributed by atoms with Crippen LogP contribution in [0.2, 0.25) is 0 Å². The van der Waals surface area contributed by atoms with Gasteiger partial charge < -0.3 is 0 Å². The minimum atomic E-state index is 0. The molecule has 0 spiro atoms. The van der Waals surface area contributed by atoms with E-state index >= 15 is 0 Å². The molecular weight excluding hydrogens is 339 g/mol. The summed E-state index contributed by atoms with van der Waals surface area (Å²) in [6.45, 7) is 0.706. The van der Waals surface area contributed by atoms with E-state index in [4.69, 9.17) is 0 Å². The van der Waals surface area contributed by atoms with Crippen LogP contribution in [0.4, 0.5) is 0 Å². The van der Waals surface area contributed by atoms with E-state index in [0.717, 1.165) is 5.69 Å². The zero-order chi connectivity index (χ0) is 16.0. The molecule has 1 aliphatic carbocycles. The SMILES string of the molecule is C(=NCc1ccccc1)c1ccccn1.C1=C\CC/C=C\CC/1.[Ni]. The predicted octanol–water partition coefficient (Wildman–Crippen LogP) is 5.37. The van der Waals surface area contributed by atoms with Crippen LogP contribution in [0.15, 0.2) is 84.0 Å². The summed E-state index contributed by atoms with van der Waals surface area (Å²) in [6, 6.07) is 16.0. The molecule has 3 heteroatoms. The van der Waals surface area contributed by atoms with Gasteiger partial charge in [-0.15, -0.1) is 0 Å². The van der Waals surface area contributed by atoms with Gasteiger partial charge in [0.2, 0.25) is 0 Å². The Hall–Kier alpha value is -1.99. The van der Waals surface area contributed by atoms with Crippen molar-refractivity contribution in [3.63, 3.8) is 0 Å². The van der Waals surface area contributed by atoms with Crippen molar-refractivity contribution in [1.82, 2.24) is 4.98 Å². The van der Waals surface area contributed by atoms with E-state index in [-0.39, 0.29) is 16.5 Å². The Morgan fingerprint density at radius 1 is 0.792 bits per heavy atom. The second kappa shape index (κ2) is 13.5. The molecule has 1 aromatic carbocycles. The summed E-state index contributed by atoms with van der Waals surface area (Å²) in [7, 11) is 0. The molecule has 2 nitrogen and oxygen atoms in total. The van der Waals surface area contributed by atoms with Crippen LogP contribution in [0.1, 0.15) is 36.9 Å². The van der Waals surface area contributed by atoms with Crippen LogP contribution in [0.3, 0.4) is 0 Å². The first-order chi connectivity index (χ1) is 11.4. The molecule has 1 aromatic heterocycles. The normalized spacial score (nSPS) is 16.0. The molecule has 0 fully saturated rings. The first-order valence-corrected chi connectivity index (χ1v) is 8.20. The second-order valence-electron chi connectivity index (χ2n) is 5.31. The van der Waals surface area contributed by atoms with Crippen LogP contribution in [-0.2, 0) is 23.0 Å². The van der Waals surface area contributed by atoms with Crippen molar-refractivity contribution in [3.05, 3.63) is 90.3 Å². The van der Waals surface area contributed by atoms with Crippen LogP contribution in [0.5, 0.6) is 0 Å². The molecular formula is C21H24N2Ni. The summed E-state index contributed by atoms with van der Waals surface area (Å²) in [6.07, 6.45) is 17.6. The predicted molar refractivity (Wildman–Crippen MR) is 98.7 cm³/mol. The van der Waals surface area contributed by atoms with Gasteiger partial charge in [0.15, 0.2) is 0 Å². The van der Waals surface area contributed by atoms with Crippen molar-refractivity contribution in [1.29, 1.82) is 0 Å². The number of benzene rings is 1. The van der Waals surface area contributed by atoms with E-state index in [1.54, 1.807) is 12.4 Å². The van der Waals surface area contributed by atoms with Crippen LogP contribution in [-0.4, -0.2) is 11.2 Å². The quantitative estimate of drug-likeness (QED) is 0.409. The zero-order valence-electron chi connectivity index (χ0n) is 13.8. The van der Waals surface area contributed by atoms with Gasteiger partial charge in [-0.1, -0.05) is 60.7 Å². The Bertz CT molecular complexity index is 593. The van der Waals surface area contributed by atoms with Gasteiger partial charge in [0, 0.05) is 28.9 Å². The third-order valence-electron chi connectivity index (χ3n) is 3.36. The molecule has 0 radical (unpaired) electrons. The first-order valence-electron chi connectivity index (χ1n) is 8.20. The third kappa shape index (κ3) is 9.22. The molecule has 0 saturated heterocycles. The standard InChI is InChI=1S/C13H12N2.C8H12.Ni/c1-2-6-12(7-3-1)10-14-11-13-8-4-5-9-15-13;1-2-4-6-8-7-5-3-1;/h1-9,11H,10H2;1-2,7-8H,3-6H2;/b;2-1-,8-7-;. The Morgan fingerprint density at radius 3 is 1.92 bits per heavy atom. The molecule has 1 heterocycles. The monoisotopic (exact) mass is 362 g/mol. The number of hydrogen-bond donors (Lipinski definition) is 0. The number of aliphatic imine (C=N–C) groups is 1. The first kappa shape index (κ1) is 20.1. The molecule has 0 saturated carbocycles. The summed E-state index contributed by atoms with van der Waals surface area (Å²) in [5.74, 6) is 0. The molecule has 2 aromatic rings. The third-order valence-corrected chi connectivity index (χ3v) is 3.36. The Balaban J connectivity index is 0.000000273. The molecule has 24 heavy (non-hydrogen) atoms. The average molecular weight is 363 g/mol. The van der Waals surface area contributed by atoms with Gasteiger partial charge in [-0.05, 0) is 43.4 Å². The molecule has 1 aliphatic rings. The topological polar surface area (TPSA) is 25.2 Å². The van der Waals surface area contributed by atoms with E-state index < -0.39 is 0 Å². The number of rotatable bonds is 3. The van der Waals surface area contributed by atoms with Crippen LogP contribution in [0, 0.1) is 0 Å². The van der Waals surface area contributed by atoms with Gasteiger partial charge in [0.25, 0.3) is 0 Å². The van der Waals surface area contributed by atoms with Gasteiger partial charge >= 0.3 is 0 Å². The average Bonchev–Trinajstić information content (AvgIpc) is 2.57.